The zero-order valence-electron chi connectivity index (χ0n) is 9.63. The summed E-state index contributed by atoms with van der Waals surface area (Å²) in [5.41, 5.74) is 0.762. The van der Waals surface area contributed by atoms with Crippen LogP contribution in [0, 0.1) is 16.1 Å². The Morgan fingerprint density at radius 2 is 2.35 bits per heavy atom. The molecular weight excluding hydrogens is 227 g/mol. The van der Waals surface area contributed by atoms with Gasteiger partial charge in [0, 0.05) is 31.8 Å². The predicted octanol–water partition coefficient (Wildman–Crippen LogP) is 0.957. The van der Waals surface area contributed by atoms with Crippen LogP contribution in [0.15, 0.2) is 23.3 Å². The monoisotopic (exact) mass is 240 g/mol. The molecule has 0 saturated carbocycles. The first-order valence-electron chi connectivity index (χ1n) is 4.92. The Labute approximate surface area is 97.9 Å². The number of nitro groups is 1. The molecule has 6 nitrogen and oxygen atoms in total. The van der Waals surface area contributed by atoms with Gasteiger partial charge in [-0.05, 0) is 11.6 Å². The van der Waals surface area contributed by atoms with Crippen molar-refractivity contribution in [3.63, 3.8) is 0 Å². The van der Waals surface area contributed by atoms with Crippen LogP contribution in [0.5, 0.6) is 0 Å². The van der Waals surface area contributed by atoms with Gasteiger partial charge in [0.15, 0.2) is 5.84 Å². The molecule has 0 unspecified atom stereocenters. The molecule has 7 heteroatoms. The molecule has 0 aliphatic carbocycles. The van der Waals surface area contributed by atoms with Gasteiger partial charge in [0.05, 0.1) is 0 Å². The van der Waals surface area contributed by atoms with Gasteiger partial charge in [-0.3, -0.25) is 15.1 Å². The third-order valence-corrected chi connectivity index (χ3v) is 2.18. The molecule has 17 heavy (non-hydrogen) atoms. The van der Waals surface area contributed by atoms with Crippen molar-refractivity contribution in [1.29, 1.82) is 0 Å². The summed E-state index contributed by atoms with van der Waals surface area (Å²) in [6.07, 6.45) is 1.39. The van der Waals surface area contributed by atoms with E-state index in [9.17, 15) is 14.5 Å². The third-order valence-electron chi connectivity index (χ3n) is 2.18. The lowest BCUT2D eigenvalue weighted by Gasteiger charge is -2.18. The molecule has 0 aliphatic rings. The zero-order chi connectivity index (χ0) is 12.8. The lowest BCUT2D eigenvalue weighted by atomic mass is 10.2. The molecule has 1 rings (SSSR count). The summed E-state index contributed by atoms with van der Waals surface area (Å²) >= 11 is 0. The molecule has 0 fully saturated rings. The van der Waals surface area contributed by atoms with Gasteiger partial charge in [-0.2, -0.15) is 4.39 Å². The van der Waals surface area contributed by atoms with Gasteiger partial charge in [0.2, 0.25) is 5.95 Å². The van der Waals surface area contributed by atoms with Crippen LogP contribution in [-0.4, -0.2) is 41.3 Å². The summed E-state index contributed by atoms with van der Waals surface area (Å²) in [5, 5.41) is 10.4. The summed E-state index contributed by atoms with van der Waals surface area (Å²) in [4.78, 5) is 19.0. The number of aromatic nitrogens is 1. The van der Waals surface area contributed by atoms with E-state index in [4.69, 9.17) is 0 Å². The Kier molecular flexibility index (Phi) is 4.50. The fourth-order valence-corrected chi connectivity index (χ4v) is 1.34. The Morgan fingerprint density at radius 3 is 2.82 bits per heavy atom. The summed E-state index contributed by atoms with van der Waals surface area (Å²) < 4.78 is 12.6. The smallest absolute Gasteiger partial charge is 0.260 e. The average molecular weight is 240 g/mol. The minimum absolute atomic E-state index is 0.332. The van der Waals surface area contributed by atoms with Crippen LogP contribution < -0.4 is 0 Å². The molecule has 92 valence electrons. The Hall–Kier alpha value is -2.05. The molecule has 0 aliphatic heterocycles. The van der Waals surface area contributed by atoms with Crippen LogP contribution in [0.1, 0.15) is 5.56 Å². The van der Waals surface area contributed by atoms with Crippen molar-refractivity contribution < 1.29 is 9.31 Å². The van der Waals surface area contributed by atoms with Crippen LogP contribution in [-0.2, 0) is 6.54 Å². The molecule has 0 aromatic carbocycles. The number of halogens is 1. The topological polar surface area (TPSA) is 71.6 Å². The molecule has 1 heterocycles. The number of likely N-dealkylation sites (N-methyl/N-ethyl adjacent to an activating group) is 1. The predicted molar refractivity (Wildman–Crippen MR) is 60.9 cm³/mol. The highest BCUT2D eigenvalue weighted by atomic mass is 19.1. The SMILES string of the molecule is CN=C(C[N+](=O)[O-])N(C)Cc1ccc(F)nc1. The van der Waals surface area contributed by atoms with E-state index in [2.05, 4.69) is 9.98 Å². The second kappa shape index (κ2) is 5.88. The molecule has 0 bridgehead atoms. The molecule has 1 aromatic heterocycles. The van der Waals surface area contributed by atoms with Gasteiger partial charge < -0.3 is 4.90 Å². The quantitative estimate of drug-likeness (QED) is 0.258. The second-order valence-corrected chi connectivity index (χ2v) is 3.48. The maximum absolute atomic E-state index is 12.6. The van der Waals surface area contributed by atoms with Gasteiger partial charge in [-0.25, -0.2) is 4.98 Å². The number of nitrogens with zero attached hydrogens (tertiary/aromatic N) is 4. The van der Waals surface area contributed by atoms with Gasteiger partial charge in [-0.15, -0.1) is 0 Å². The van der Waals surface area contributed by atoms with E-state index >= 15 is 0 Å². The van der Waals surface area contributed by atoms with E-state index in [1.54, 1.807) is 18.0 Å². The molecule has 0 atom stereocenters. The highest BCUT2D eigenvalue weighted by Crippen LogP contribution is 2.03. The number of pyridine rings is 1. The van der Waals surface area contributed by atoms with Gasteiger partial charge >= 0.3 is 0 Å². The van der Waals surface area contributed by atoms with Crippen molar-refractivity contribution in [2.75, 3.05) is 20.6 Å². The first kappa shape index (κ1) is 13.0. The number of rotatable bonds is 4. The van der Waals surface area contributed by atoms with Crippen LogP contribution in [0.3, 0.4) is 0 Å². The second-order valence-electron chi connectivity index (χ2n) is 3.48. The maximum Gasteiger partial charge on any atom is 0.260 e. The normalized spacial score (nSPS) is 11.4. The van der Waals surface area contributed by atoms with E-state index in [1.807, 2.05) is 0 Å². The number of amidine groups is 1. The van der Waals surface area contributed by atoms with E-state index in [-0.39, 0.29) is 6.54 Å². The zero-order valence-corrected chi connectivity index (χ0v) is 9.63. The summed E-state index contributed by atoms with van der Waals surface area (Å²) in [5.74, 6) is -0.189. The first-order chi connectivity index (χ1) is 8.02. The standard InChI is InChI=1S/C10H13FN4O2/c1-12-10(7-15(16)17)14(2)6-8-3-4-9(11)13-5-8/h3-5H,6-7H2,1-2H3. The molecule has 0 saturated heterocycles. The van der Waals surface area contributed by atoms with Gasteiger partial charge in [0.1, 0.15) is 0 Å². The fraction of sp³-hybridized carbons (Fsp3) is 0.400. The van der Waals surface area contributed by atoms with E-state index in [0.29, 0.717) is 12.4 Å². The summed E-state index contributed by atoms with van der Waals surface area (Å²) in [6.45, 7) is 0.0649. The average Bonchev–Trinajstić information content (AvgIpc) is 2.28. The van der Waals surface area contributed by atoms with Crippen molar-refractivity contribution in [3.05, 3.63) is 40.0 Å². The summed E-state index contributed by atoms with van der Waals surface area (Å²) in [6, 6.07) is 2.83. The van der Waals surface area contributed by atoms with Gasteiger partial charge in [0.25, 0.3) is 6.54 Å². The largest absolute Gasteiger partial charge is 0.354 e. The molecule has 0 N–H and O–H groups in total. The van der Waals surface area contributed by atoms with Crippen LogP contribution in [0.2, 0.25) is 0 Å². The van der Waals surface area contributed by atoms with Crippen LogP contribution in [0.4, 0.5) is 4.39 Å². The highest BCUT2D eigenvalue weighted by molar-refractivity contribution is 5.82. The van der Waals surface area contributed by atoms with Gasteiger partial charge in [-0.1, -0.05) is 6.07 Å². The summed E-state index contributed by atoms with van der Waals surface area (Å²) in [7, 11) is 3.19. The molecular formula is C10H13FN4O2. The number of aliphatic imine (C=N–C) groups is 1. The maximum atomic E-state index is 12.6. The fourth-order valence-electron chi connectivity index (χ4n) is 1.34. The molecule has 0 spiro atoms. The van der Waals surface area contributed by atoms with Crippen molar-refractivity contribution in [2.45, 2.75) is 6.54 Å². The Morgan fingerprint density at radius 1 is 1.65 bits per heavy atom. The van der Waals surface area contributed by atoms with Crippen molar-refractivity contribution in [3.8, 4) is 0 Å². The van der Waals surface area contributed by atoms with Crippen LogP contribution >= 0.6 is 0 Å². The van der Waals surface area contributed by atoms with E-state index < -0.39 is 10.9 Å². The molecule has 1 aromatic rings. The first-order valence-corrected chi connectivity index (χ1v) is 4.92. The lowest BCUT2D eigenvalue weighted by molar-refractivity contribution is -0.464. The minimum atomic E-state index is -0.550. The Balaban J connectivity index is 2.67. The third kappa shape index (κ3) is 4.13. The molecule has 0 amide bonds. The minimum Gasteiger partial charge on any atom is -0.354 e. The van der Waals surface area contributed by atoms with Crippen molar-refractivity contribution in [2.24, 2.45) is 4.99 Å². The Bertz CT molecular complexity index is 419. The van der Waals surface area contributed by atoms with Crippen molar-refractivity contribution in [1.82, 2.24) is 9.88 Å². The lowest BCUT2D eigenvalue weighted by Crippen LogP contribution is -2.32. The number of hydrogen-bond acceptors (Lipinski definition) is 4. The van der Waals surface area contributed by atoms with Crippen LogP contribution in [0.25, 0.3) is 0 Å². The van der Waals surface area contributed by atoms with E-state index in [0.717, 1.165) is 5.56 Å². The van der Waals surface area contributed by atoms with Crippen molar-refractivity contribution >= 4 is 5.84 Å². The van der Waals surface area contributed by atoms with E-state index in [1.165, 1.54) is 19.3 Å². The highest BCUT2D eigenvalue weighted by Gasteiger charge is 2.12. The number of hydrogen-bond donors (Lipinski definition) is 0. The molecule has 0 radical (unpaired) electrons.